The quantitative estimate of drug-likeness (QED) is 0.667. The Morgan fingerprint density at radius 1 is 1.27 bits per heavy atom. The number of hydrogen-bond donors (Lipinski definition) is 1. The smallest absolute Gasteiger partial charge is 0.119 e. The molecule has 2 nitrogen and oxygen atoms in total. The molecule has 0 fully saturated rings. The summed E-state index contributed by atoms with van der Waals surface area (Å²) in [6, 6.07) is 7.34. The van der Waals surface area contributed by atoms with Gasteiger partial charge in [0.1, 0.15) is 5.75 Å². The van der Waals surface area contributed by atoms with Crippen molar-refractivity contribution >= 4 is 5.69 Å². The van der Waals surface area contributed by atoms with Gasteiger partial charge in [-0.05, 0) is 37.6 Å². The molecule has 0 aliphatic carbocycles. The van der Waals surface area contributed by atoms with Gasteiger partial charge in [0, 0.05) is 5.69 Å². The van der Waals surface area contributed by atoms with E-state index >= 15 is 0 Å². The molecule has 0 unspecified atom stereocenters. The van der Waals surface area contributed by atoms with Crippen molar-refractivity contribution in [2.24, 2.45) is 0 Å². The molecule has 1 rings (SSSR count). The zero-order valence-corrected chi connectivity index (χ0v) is 6.42. The molecule has 11 heavy (non-hydrogen) atoms. The lowest BCUT2D eigenvalue weighted by Crippen LogP contribution is -1.94. The molecule has 0 saturated carbocycles. The molecule has 0 aliphatic heterocycles. The Kier molecular flexibility index (Phi) is 2.78. The molecule has 0 atom stereocenters. The minimum absolute atomic E-state index is 0.657. The molecule has 2 N–H and O–H groups in total. The highest BCUT2D eigenvalue weighted by Crippen LogP contribution is 2.12. The van der Waals surface area contributed by atoms with Crippen LogP contribution >= 0.6 is 0 Å². The molecule has 59 valence electrons. The van der Waals surface area contributed by atoms with Gasteiger partial charge >= 0.3 is 0 Å². The lowest BCUT2D eigenvalue weighted by Gasteiger charge is -2.03. The zero-order chi connectivity index (χ0) is 8.10. The van der Waals surface area contributed by atoms with E-state index in [0.29, 0.717) is 6.61 Å². The number of benzene rings is 1. The molecule has 1 aromatic carbocycles. The van der Waals surface area contributed by atoms with Crippen LogP contribution in [0.2, 0.25) is 0 Å². The van der Waals surface area contributed by atoms with Gasteiger partial charge in [-0.3, -0.25) is 0 Å². The van der Waals surface area contributed by atoms with E-state index < -0.39 is 0 Å². The summed E-state index contributed by atoms with van der Waals surface area (Å²) in [4.78, 5) is 0. The first-order valence-electron chi connectivity index (χ1n) is 3.60. The third-order valence-electron chi connectivity index (χ3n) is 1.29. The van der Waals surface area contributed by atoms with Crippen LogP contribution in [0.4, 0.5) is 5.69 Å². The monoisotopic (exact) mass is 150 g/mol. The van der Waals surface area contributed by atoms with E-state index in [9.17, 15) is 0 Å². The molecule has 0 amide bonds. The Morgan fingerprint density at radius 3 is 2.45 bits per heavy atom. The van der Waals surface area contributed by atoms with Crippen molar-refractivity contribution in [2.75, 3.05) is 12.3 Å². The number of hydrogen-bond acceptors (Lipinski definition) is 2. The summed E-state index contributed by atoms with van der Waals surface area (Å²) in [5.74, 6) is 0.850. The van der Waals surface area contributed by atoms with Crippen molar-refractivity contribution in [1.29, 1.82) is 0 Å². The van der Waals surface area contributed by atoms with Crippen LogP contribution in [0.5, 0.6) is 5.75 Å². The number of nitrogen functional groups attached to an aromatic ring is 1. The van der Waals surface area contributed by atoms with Crippen molar-refractivity contribution in [2.45, 2.75) is 6.42 Å². The van der Waals surface area contributed by atoms with E-state index in [1.807, 2.05) is 24.3 Å². The standard InChI is InChI=1S/C9H12NO/c1-2-7-11-9-5-3-8(10)4-6-9/h3-6H,1-2,7,10H2. The van der Waals surface area contributed by atoms with Crippen molar-refractivity contribution in [1.82, 2.24) is 0 Å². The minimum Gasteiger partial charge on any atom is -0.494 e. The fourth-order valence-electron chi connectivity index (χ4n) is 0.754. The van der Waals surface area contributed by atoms with E-state index in [0.717, 1.165) is 17.9 Å². The molecular weight excluding hydrogens is 138 g/mol. The Hall–Kier alpha value is -1.18. The van der Waals surface area contributed by atoms with Gasteiger partial charge in [-0.1, -0.05) is 0 Å². The summed E-state index contributed by atoms with van der Waals surface area (Å²) in [5.41, 5.74) is 6.24. The summed E-state index contributed by atoms with van der Waals surface area (Å²) in [6.07, 6.45) is 0.782. The van der Waals surface area contributed by atoms with Crippen LogP contribution in [-0.4, -0.2) is 6.61 Å². The molecule has 0 aliphatic rings. The maximum Gasteiger partial charge on any atom is 0.119 e. The maximum absolute atomic E-state index is 5.49. The number of anilines is 1. The zero-order valence-electron chi connectivity index (χ0n) is 6.42. The molecule has 0 spiro atoms. The van der Waals surface area contributed by atoms with Gasteiger partial charge in [0.05, 0.1) is 6.61 Å². The largest absolute Gasteiger partial charge is 0.494 e. The maximum atomic E-state index is 5.49. The van der Waals surface area contributed by atoms with Gasteiger partial charge in [-0.15, -0.1) is 0 Å². The van der Waals surface area contributed by atoms with Gasteiger partial charge < -0.3 is 10.5 Å². The molecule has 1 radical (unpaired) electrons. The van der Waals surface area contributed by atoms with Crippen molar-refractivity contribution < 1.29 is 4.74 Å². The average Bonchev–Trinajstić information content (AvgIpc) is 2.04. The Labute approximate surface area is 67.0 Å². The Bertz CT molecular complexity index is 205. The van der Waals surface area contributed by atoms with Crippen LogP contribution in [0, 0.1) is 6.92 Å². The van der Waals surface area contributed by atoms with E-state index in [-0.39, 0.29) is 0 Å². The summed E-state index contributed by atoms with van der Waals surface area (Å²) in [5, 5.41) is 0. The van der Waals surface area contributed by atoms with Gasteiger partial charge in [0.15, 0.2) is 0 Å². The van der Waals surface area contributed by atoms with Crippen molar-refractivity contribution in [3.63, 3.8) is 0 Å². The molecule has 2 heteroatoms. The summed E-state index contributed by atoms with van der Waals surface area (Å²) < 4.78 is 5.29. The highest BCUT2D eigenvalue weighted by molar-refractivity contribution is 5.41. The summed E-state index contributed by atoms with van der Waals surface area (Å²) >= 11 is 0. The first-order chi connectivity index (χ1) is 5.33. The number of ether oxygens (including phenoxy) is 1. The van der Waals surface area contributed by atoms with Crippen LogP contribution in [0.1, 0.15) is 6.42 Å². The van der Waals surface area contributed by atoms with Gasteiger partial charge in [0.2, 0.25) is 0 Å². The fourth-order valence-corrected chi connectivity index (χ4v) is 0.754. The highest BCUT2D eigenvalue weighted by atomic mass is 16.5. The lowest BCUT2D eigenvalue weighted by atomic mass is 10.3. The molecule has 0 bridgehead atoms. The average molecular weight is 150 g/mol. The molecule has 0 aromatic heterocycles. The number of nitrogens with two attached hydrogens (primary N) is 1. The SMILES string of the molecule is [CH2]CCOc1ccc(N)cc1. The van der Waals surface area contributed by atoms with Crippen molar-refractivity contribution in [3.05, 3.63) is 31.2 Å². The highest BCUT2D eigenvalue weighted by Gasteiger charge is 1.90. The van der Waals surface area contributed by atoms with Gasteiger partial charge in [-0.25, -0.2) is 0 Å². The van der Waals surface area contributed by atoms with E-state index in [4.69, 9.17) is 10.5 Å². The fraction of sp³-hybridized carbons (Fsp3) is 0.222. The van der Waals surface area contributed by atoms with Crippen molar-refractivity contribution in [3.8, 4) is 5.75 Å². The topological polar surface area (TPSA) is 35.2 Å². The van der Waals surface area contributed by atoms with Crippen LogP contribution in [-0.2, 0) is 0 Å². The molecular formula is C9H12NO. The number of rotatable bonds is 3. The predicted molar refractivity (Wildman–Crippen MR) is 46.3 cm³/mol. The van der Waals surface area contributed by atoms with Gasteiger partial charge in [-0.2, -0.15) is 0 Å². The van der Waals surface area contributed by atoms with Crippen LogP contribution in [0.25, 0.3) is 0 Å². The van der Waals surface area contributed by atoms with Crippen LogP contribution < -0.4 is 10.5 Å². The van der Waals surface area contributed by atoms with E-state index in [2.05, 4.69) is 6.92 Å². The Balaban J connectivity index is 2.52. The van der Waals surface area contributed by atoms with Gasteiger partial charge in [0.25, 0.3) is 0 Å². The summed E-state index contributed by atoms with van der Waals surface area (Å²) in [7, 11) is 0. The van der Waals surface area contributed by atoms with E-state index in [1.54, 1.807) is 0 Å². The first kappa shape index (κ1) is 7.92. The Morgan fingerprint density at radius 2 is 1.91 bits per heavy atom. The van der Waals surface area contributed by atoms with Crippen LogP contribution in [0.3, 0.4) is 0 Å². The summed E-state index contributed by atoms with van der Waals surface area (Å²) in [6.45, 7) is 4.33. The molecule has 1 aromatic rings. The third-order valence-corrected chi connectivity index (χ3v) is 1.29. The van der Waals surface area contributed by atoms with E-state index in [1.165, 1.54) is 0 Å². The third kappa shape index (κ3) is 2.50. The lowest BCUT2D eigenvalue weighted by molar-refractivity contribution is 0.324. The molecule has 0 saturated heterocycles. The second kappa shape index (κ2) is 3.86. The minimum atomic E-state index is 0.657. The normalized spacial score (nSPS) is 9.55. The molecule has 0 heterocycles. The predicted octanol–water partition coefficient (Wildman–Crippen LogP) is 1.87. The second-order valence-corrected chi connectivity index (χ2v) is 2.27. The first-order valence-corrected chi connectivity index (χ1v) is 3.60. The van der Waals surface area contributed by atoms with Crippen LogP contribution in [0.15, 0.2) is 24.3 Å². The second-order valence-electron chi connectivity index (χ2n) is 2.27.